The van der Waals surface area contributed by atoms with Gasteiger partial charge in [0.05, 0.1) is 9.82 Å². The number of carbonyl (C=O) groups is 2. The molecule has 2 amide bonds. The van der Waals surface area contributed by atoms with E-state index >= 15 is 0 Å². The highest BCUT2D eigenvalue weighted by atomic mass is 32.2. The van der Waals surface area contributed by atoms with E-state index in [9.17, 15) is 19.7 Å². The third-order valence-corrected chi connectivity index (χ3v) is 6.60. The molecule has 2 aromatic carbocycles. The summed E-state index contributed by atoms with van der Waals surface area (Å²) in [5.41, 5.74) is 1.68. The molecule has 0 spiro atoms. The van der Waals surface area contributed by atoms with Crippen molar-refractivity contribution in [2.24, 2.45) is 0 Å². The van der Waals surface area contributed by atoms with Crippen molar-refractivity contribution in [3.05, 3.63) is 69.8 Å². The maximum Gasteiger partial charge on any atom is 0.283 e. The minimum atomic E-state index is -0.538. The molecule has 1 fully saturated rings. The summed E-state index contributed by atoms with van der Waals surface area (Å²) in [6.45, 7) is 5.12. The van der Waals surface area contributed by atoms with Gasteiger partial charge < -0.3 is 14.9 Å². The van der Waals surface area contributed by atoms with Crippen LogP contribution in [0.25, 0.3) is 6.08 Å². The van der Waals surface area contributed by atoms with Crippen LogP contribution in [0, 0.1) is 10.1 Å². The Morgan fingerprint density at radius 2 is 1.76 bits per heavy atom. The Labute approximate surface area is 197 Å². The maximum absolute atomic E-state index is 12.5. The zero-order valence-electron chi connectivity index (χ0n) is 18.6. The molecule has 1 aliphatic rings. The molecule has 8 nitrogen and oxygen atoms in total. The Morgan fingerprint density at radius 3 is 2.39 bits per heavy atom. The summed E-state index contributed by atoms with van der Waals surface area (Å²) in [6, 6.07) is 12.8. The van der Waals surface area contributed by atoms with Crippen molar-refractivity contribution in [2.75, 3.05) is 32.8 Å². The van der Waals surface area contributed by atoms with Crippen molar-refractivity contribution in [3.63, 3.8) is 0 Å². The lowest BCUT2D eigenvalue weighted by molar-refractivity contribution is -0.387. The summed E-state index contributed by atoms with van der Waals surface area (Å²) in [6.07, 6.45) is 2.96. The quantitative estimate of drug-likeness (QED) is 0.378. The van der Waals surface area contributed by atoms with Crippen LogP contribution in [-0.2, 0) is 9.59 Å². The third kappa shape index (κ3) is 6.21. The first-order valence-electron chi connectivity index (χ1n) is 10.7. The Hall–Kier alpha value is -3.17. The van der Waals surface area contributed by atoms with E-state index in [1.54, 1.807) is 23.1 Å². The fourth-order valence-electron chi connectivity index (χ4n) is 3.59. The highest BCUT2D eigenvalue weighted by Crippen LogP contribution is 2.39. The van der Waals surface area contributed by atoms with Gasteiger partial charge in [-0.05, 0) is 35.3 Å². The van der Waals surface area contributed by atoms with Crippen LogP contribution in [-0.4, -0.2) is 64.4 Å². The summed E-state index contributed by atoms with van der Waals surface area (Å²) in [5, 5.41) is 20.7. The number of benzene rings is 2. The van der Waals surface area contributed by atoms with Gasteiger partial charge in [-0.2, -0.15) is 0 Å². The van der Waals surface area contributed by atoms with Crippen LogP contribution in [0.4, 0.5) is 5.69 Å². The lowest BCUT2D eigenvalue weighted by Crippen LogP contribution is -2.50. The van der Waals surface area contributed by atoms with Gasteiger partial charge in [-0.15, -0.1) is 0 Å². The van der Waals surface area contributed by atoms with Gasteiger partial charge in [0.15, 0.2) is 0 Å². The predicted molar refractivity (Wildman–Crippen MR) is 127 cm³/mol. The molecule has 1 saturated heterocycles. The number of nitro groups is 1. The van der Waals surface area contributed by atoms with Gasteiger partial charge in [0.25, 0.3) is 5.69 Å². The molecule has 0 aromatic heterocycles. The molecule has 0 saturated carbocycles. The van der Waals surface area contributed by atoms with Crippen molar-refractivity contribution >= 4 is 35.3 Å². The average molecular weight is 470 g/mol. The molecule has 0 radical (unpaired) electrons. The van der Waals surface area contributed by atoms with Gasteiger partial charge in [-0.1, -0.05) is 49.9 Å². The van der Waals surface area contributed by atoms with Crippen LogP contribution in [0.15, 0.2) is 58.3 Å². The zero-order valence-corrected chi connectivity index (χ0v) is 19.5. The SMILES string of the molecule is CC(C)c1ccccc1Sc1ccc(/C=C/C(=O)N2CCN(C(=O)CO)CC2)cc1[N+](=O)[O-]. The largest absolute Gasteiger partial charge is 0.387 e. The molecule has 9 heteroatoms. The van der Waals surface area contributed by atoms with E-state index in [-0.39, 0.29) is 17.5 Å². The van der Waals surface area contributed by atoms with Crippen LogP contribution >= 0.6 is 11.8 Å². The molecule has 1 N–H and O–H groups in total. The van der Waals surface area contributed by atoms with Gasteiger partial charge in [-0.25, -0.2) is 0 Å². The molecule has 3 rings (SSSR count). The van der Waals surface area contributed by atoms with Crippen LogP contribution < -0.4 is 0 Å². The van der Waals surface area contributed by atoms with Crippen LogP contribution in [0.5, 0.6) is 0 Å². The van der Waals surface area contributed by atoms with Crippen LogP contribution in [0.1, 0.15) is 30.9 Å². The Bertz CT molecular complexity index is 1060. The molecule has 33 heavy (non-hydrogen) atoms. The topological polar surface area (TPSA) is 104 Å². The highest BCUT2D eigenvalue weighted by Gasteiger charge is 2.22. The molecule has 0 aliphatic carbocycles. The zero-order chi connectivity index (χ0) is 24.0. The van der Waals surface area contributed by atoms with E-state index < -0.39 is 11.5 Å². The predicted octanol–water partition coefficient (Wildman–Crippen LogP) is 3.55. The van der Waals surface area contributed by atoms with Crippen LogP contribution in [0.2, 0.25) is 0 Å². The smallest absolute Gasteiger partial charge is 0.283 e. The van der Waals surface area contributed by atoms with Crippen molar-refractivity contribution < 1.29 is 19.6 Å². The molecule has 1 heterocycles. The van der Waals surface area contributed by atoms with Gasteiger partial charge >= 0.3 is 0 Å². The first-order chi connectivity index (χ1) is 15.8. The van der Waals surface area contributed by atoms with Crippen molar-refractivity contribution in [1.29, 1.82) is 0 Å². The number of carbonyl (C=O) groups excluding carboxylic acids is 2. The number of aliphatic hydroxyl groups excluding tert-OH is 1. The fraction of sp³-hybridized carbons (Fsp3) is 0.333. The van der Waals surface area contributed by atoms with Gasteiger partial charge in [0.2, 0.25) is 11.8 Å². The number of amides is 2. The molecule has 0 atom stereocenters. The molecule has 1 aliphatic heterocycles. The Balaban J connectivity index is 1.72. The van der Waals surface area contributed by atoms with E-state index in [0.29, 0.717) is 42.6 Å². The lowest BCUT2D eigenvalue weighted by atomic mass is 10.0. The Kier molecular flexibility index (Phi) is 8.24. The second-order valence-corrected chi connectivity index (χ2v) is 9.06. The van der Waals surface area contributed by atoms with E-state index in [4.69, 9.17) is 5.11 Å². The standard InChI is InChI=1S/C24H27N3O5S/c1-17(2)19-5-3-4-6-21(19)33-22-9-7-18(15-20(22)27(31)32)8-10-23(29)25-11-13-26(14-12-25)24(30)16-28/h3-10,15,17,28H,11-14,16H2,1-2H3/b10-8+. The molecule has 2 aromatic rings. The monoisotopic (exact) mass is 469 g/mol. The number of nitrogens with zero attached hydrogens (tertiary/aromatic N) is 3. The van der Waals surface area contributed by atoms with Gasteiger partial charge in [0.1, 0.15) is 6.61 Å². The molecule has 174 valence electrons. The molecular weight excluding hydrogens is 442 g/mol. The molecular formula is C24H27N3O5S. The summed E-state index contributed by atoms with van der Waals surface area (Å²) in [7, 11) is 0. The fourth-order valence-corrected chi connectivity index (χ4v) is 4.76. The van der Waals surface area contributed by atoms with E-state index in [2.05, 4.69) is 13.8 Å². The number of nitro benzene ring substituents is 1. The van der Waals surface area contributed by atoms with Gasteiger partial charge in [-0.3, -0.25) is 19.7 Å². The van der Waals surface area contributed by atoms with E-state index in [1.165, 1.54) is 28.8 Å². The summed E-state index contributed by atoms with van der Waals surface area (Å²) >= 11 is 1.37. The third-order valence-electron chi connectivity index (χ3n) is 5.44. The number of hydrogen-bond acceptors (Lipinski definition) is 6. The lowest BCUT2D eigenvalue weighted by Gasteiger charge is -2.33. The van der Waals surface area contributed by atoms with Crippen LogP contribution in [0.3, 0.4) is 0 Å². The van der Waals surface area contributed by atoms with Crippen molar-refractivity contribution in [3.8, 4) is 0 Å². The van der Waals surface area contributed by atoms with Crippen molar-refractivity contribution in [2.45, 2.75) is 29.6 Å². The van der Waals surface area contributed by atoms with E-state index in [1.807, 2.05) is 24.3 Å². The second kappa shape index (κ2) is 11.1. The minimum absolute atomic E-state index is 0.00992. The number of rotatable bonds is 7. The molecule has 0 bridgehead atoms. The first-order valence-corrected chi connectivity index (χ1v) is 11.5. The van der Waals surface area contributed by atoms with E-state index in [0.717, 1.165) is 10.5 Å². The number of piperazine rings is 1. The first kappa shape index (κ1) is 24.5. The normalized spacial score (nSPS) is 14.2. The summed E-state index contributed by atoms with van der Waals surface area (Å²) < 4.78 is 0. The summed E-state index contributed by atoms with van der Waals surface area (Å²) in [4.78, 5) is 40.0. The maximum atomic E-state index is 12.5. The van der Waals surface area contributed by atoms with Crippen molar-refractivity contribution in [1.82, 2.24) is 9.80 Å². The number of hydrogen-bond donors (Lipinski definition) is 1. The average Bonchev–Trinajstić information content (AvgIpc) is 2.82. The summed E-state index contributed by atoms with van der Waals surface area (Å²) in [5.74, 6) is -0.276. The highest BCUT2D eigenvalue weighted by molar-refractivity contribution is 7.99. The Morgan fingerprint density at radius 1 is 1.09 bits per heavy atom. The van der Waals surface area contributed by atoms with Gasteiger partial charge in [0, 0.05) is 43.2 Å². The minimum Gasteiger partial charge on any atom is -0.387 e. The second-order valence-electron chi connectivity index (χ2n) is 7.98. The number of aliphatic hydroxyl groups is 1. The molecule has 0 unspecified atom stereocenters.